The summed E-state index contributed by atoms with van der Waals surface area (Å²) in [7, 11) is 0. The van der Waals surface area contributed by atoms with E-state index in [4.69, 9.17) is 5.73 Å². The van der Waals surface area contributed by atoms with E-state index in [2.05, 4.69) is 10.6 Å². The number of hydrogen-bond acceptors (Lipinski definition) is 3. The molecule has 110 valence electrons. The second-order valence-corrected chi connectivity index (χ2v) is 4.60. The molecule has 0 bridgehead atoms. The lowest BCUT2D eigenvalue weighted by atomic mass is 10.1. The van der Waals surface area contributed by atoms with Crippen LogP contribution in [0.1, 0.15) is 29.6 Å². The number of primary amides is 1. The molecule has 0 spiro atoms. The fourth-order valence-electron chi connectivity index (χ4n) is 2.13. The quantitative estimate of drug-likeness (QED) is 0.786. The highest BCUT2D eigenvalue weighted by atomic mass is 35.5. The summed E-state index contributed by atoms with van der Waals surface area (Å²) in [5.74, 6) is -1.52. The number of benzene rings is 1. The van der Waals surface area contributed by atoms with Crippen molar-refractivity contribution >= 4 is 29.9 Å². The number of halogens is 2. The van der Waals surface area contributed by atoms with E-state index < -0.39 is 11.7 Å². The van der Waals surface area contributed by atoms with Crippen molar-refractivity contribution < 1.29 is 14.0 Å². The number of hydrogen-bond donors (Lipinski definition) is 3. The van der Waals surface area contributed by atoms with Gasteiger partial charge in [-0.05, 0) is 37.6 Å². The summed E-state index contributed by atoms with van der Waals surface area (Å²) < 4.78 is 13.5. The van der Waals surface area contributed by atoms with Gasteiger partial charge in [0.25, 0.3) is 0 Å². The summed E-state index contributed by atoms with van der Waals surface area (Å²) in [6.07, 6.45) is 2.28. The minimum atomic E-state index is -0.659. The van der Waals surface area contributed by atoms with E-state index >= 15 is 0 Å². The van der Waals surface area contributed by atoms with Crippen molar-refractivity contribution in [3.05, 3.63) is 29.6 Å². The van der Waals surface area contributed by atoms with Crippen molar-refractivity contribution in [1.29, 1.82) is 0 Å². The van der Waals surface area contributed by atoms with Gasteiger partial charge in [-0.25, -0.2) is 4.39 Å². The van der Waals surface area contributed by atoms with Crippen LogP contribution in [0.5, 0.6) is 0 Å². The van der Waals surface area contributed by atoms with Gasteiger partial charge in [-0.3, -0.25) is 9.59 Å². The van der Waals surface area contributed by atoms with Gasteiger partial charge < -0.3 is 16.4 Å². The second-order valence-electron chi connectivity index (χ2n) is 4.60. The molecular weight excluding hydrogens is 285 g/mol. The van der Waals surface area contributed by atoms with Gasteiger partial charge in [0, 0.05) is 18.0 Å². The molecule has 1 aromatic carbocycles. The normalized spacial score (nSPS) is 17.4. The highest BCUT2D eigenvalue weighted by molar-refractivity contribution is 5.96. The molecule has 1 fully saturated rings. The lowest BCUT2D eigenvalue weighted by molar-refractivity contribution is -0.116. The van der Waals surface area contributed by atoms with Gasteiger partial charge in [0.15, 0.2) is 0 Å². The summed E-state index contributed by atoms with van der Waals surface area (Å²) in [6.45, 7) is 0.906. The molecule has 0 saturated carbocycles. The van der Waals surface area contributed by atoms with Crippen LogP contribution in [0.25, 0.3) is 0 Å². The predicted octanol–water partition coefficient (Wildman–Crippen LogP) is 1.43. The van der Waals surface area contributed by atoms with E-state index in [9.17, 15) is 14.0 Å². The Morgan fingerprint density at radius 2 is 2.20 bits per heavy atom. The third kappa shape index (κ3) is 4.18. The maximum atomic E-state index is 13.5. The van der Waals surface area contributed by atoms with Crippen LogP contribution in [-0.2, 0) is 4.79 Å². The van der Waals surface area contributed by atoms with Gasteiger partial charge in [0.2, 0.25) is 11.8 Å². The number of nitrogens with two attached hydrogens (primary N) is 1. The number of carbonyl (C=O) groups excluding carboxylic acids is 2. The maximum absolute atomic E-state index is 13.5. The molecule has 2 amide bonds. The Balaban J connectivity index is 0.00000200. The van der Waals surface area contributed by atoms with Crippen molar-refractivity contribution in [1.82, 2.24) is 5.32 Å². The molecular formula is C13H17ClFN3O2. The molecule has 0 radical (unpaired) electrons. The predicted molar refractivity (Wildman–Crippen MR) is 76.4 cm³/mol. The monoisotopic (exact) mass is 301 g/mol. The van der Waals surface area contributed by atoms with Crippen LogP contribution >= 0.6 is 12.4 Å². The SMILES string of the molecule is Cl.NC(=O)c1ccc(F)c(NC(=O)CC2CCCN2)c1. The van der Waals surface area contributed by atoms with Crippen LogP contribution in [0.4, 0.5) is 10.1 Å². The van der Waals surface area contributed by atoms with Crippen LogP contribution in [0, 0.1) is 5.82 Å². The van der Waals surface area contributed by atoms with Gasteiger partial charge in [0.1, 0.15) is 5.82 Å². The molecule has 0 aliphatic carbocycles. The minimum Gasteiger partial charge on any atom is -0.366 e. The first-order chi connectivity index (χ1) is 9.06. The number of rotatable bonds is 4. The standard InChI is InChI=1S/C13H16FN3O2.ClH/c14-10-4-3-8(13(15)19)6-11(10)17-12(18)7-9-2-1-5-16-9;/h3-4,6,9,16H,1-2,5,7H2,(H2,15,19)(H,17,18);1H. The van der Waals surface area contributed by atoms with Crippen LogP contribution in [-0.4, -0.2) is 24.4 Å². The zero-order valence-electron chi connectivity index (χ0n) is 10.8. The van der Waals surface area contributed by atoms with Gasteiger partial charge >= 0.3 is 0 Å². The average molecular weight is 302 g/mol. The zero-order valence-corrected chi connectivity index (χ0v) is 11.6. The van der Waals surface area contributed by atoms with E-state index in [0.29, 0.717) is 6.42 Å². The summed E-state index contributed by atoms with van der Waals surface area (Å²) in [5.41, 5.74) is 5.26. The Morgan fingerprint density at radius 1 is 1.45 bits per heavy atom. The molecule has 1 aliphatic heterocycles. The first-order valence-electron chi connectivity index (χ1n) is 6.19. The Hall–Kier alpha value is -1.66. The van der Waals surface area contributed by atoms with Gasteiger partial charge in [0.05, 0.1) is 5.69 Å². The molecule has 1 aromatic rings. The number of anilines is 1. The first kappa shape index (κ1) is 16.4. The third-order valence-electron chi connectivity index (χ3n) is 3.12. The highest BCUT2D eigenvalue weighted by Crippen LogP contribution is 2.17. The molecule has 1 atom stereocenters. The Labute approximate surface area is 122 Å². The number of carbonyl (C=O) groups is 2. The van der Waals surface area contributed by atoms with E-state index in [1.807, 2.05) is 0 Å². The largest absolute Gasteiger partial charge is 0.366 e. The molecule has 2 rings (SSSR count). The average Bonchev–Trinajstić information content (AvgIpc) is 2.84. The topological polar surface area (TPSA) is 84.2 Å². The Bertz CT molecular complexity index is 504. The van der Waals surface area contributed by atoms with Crippen molar-refractivity contribution in [3.63, 3.8) is 0 Å². The smallest absolute Gasteiger partial charge is 0.248 e. The summed E-state index contributed by atoms with van der Waals surface area (Å²) in [5, 5.41) is 5.66. The first-order valence-corrected chi connectivity index (χ1v) is 6.19. The van der Waals surface area contributed by atoms with Crippen LogP contribution < -0.4 is 16.4 Å². The van der Waals surface area contributed by atoms with E-state index in [1.54, 1.807) is 0 Å². The fourth-order valence-corrected chi connectivity index (χ4v) is 2.13. The number of nitrogens with one attached hydrogen (secondary N) is 2. The molecule has 5 nitrogen and oxygen atoms in total. The third-order valence-corrected chi connectivity index (χ3v) is 3.12. The Morgan fingerprint density at radius 3 is 2.80 bits per heavy atom. The molecule has 1 heterocycles. The van der Waals surface area contributed by atoms with E-state index in [-0.39, 0.29) is 35.6 Å². The molecule has 1 unspecified atom stereocenters. The lowest BCUT2D eigenvalue weighted by Crippen LogP contribution is -2.27. The molecule has 1 aliphatic rings. The number of amides is 2. The van der Waals surface area contributed by atoms with Crippen molar-refractivity contribution in [2.45, 2.75) is 25.3 Å². The van der Waals surface area contributed by atoms with Crippen LogP contribution in [0.2, 0.25) is 0 Å². The summed E-state index contributed by atoms with van der Waals surface area (Å²) >= 11 is 0. The summed E-state index contributed by atoms with van der Waals surface area (Å²) in [6, 6.07) is 3.79. The molecule has 1 saturated heterocycles. The molecule has 0 aromatic heterocycles. The Kier molecular flexibility index (Phi) is 5.91. The van der Waals surface area contributed by atoms with Gasteiger partial charge in [-0.2, -0.15) is 0 Å². The zero-order chi connectivity index (χ0) is 13.8. The van der Waals surface area contributed by atoms with Crippen LogP contribution in [0.15, 0.2) is 18.2 Å². The highest BCUT2D eigenvalue weighted by Gasteiger charge is 2.18. The fraction of sp³-hybridized carbons (Fsp3) is 0.385. The van der Waals surface area contributed by atoms with Crippen molar-refractivity contribution in [2.75, 3.05) is 11.9 Å². The minimum absolute atomic E-state index is 0. The maximum Gasteiger partial charge on any atom is 0.248 e. The van der Waals surface area contributed by atoms with E-state index in [1.165, 1.54) is 12.1 Å². The molecule has 20 heavy (non-hydrogen) atoms. The molecule has 4 N–H and O–H groups in total. The lowest BCUT2D eigenvalue weighted by Gasteiger charge is -2.11. The van der Waals surface area contributed by atoms with Gasteiger partial charge in [-0.1, -0.05) is 0 Å². The summed E-state index contributed by atoms with van der Waals surface area (Å²) in [4.78, 5) is 22.8. The molecule has 7 heteroatoms. The van der Waals surface area contributed by atoms with Crippen LogP contribution in [0.3, 0.4) is 0 Å². The second kappa shape index (κ2) is 7.21. The van der Waals surface area contributed by atoms with Crippen molar-refractivity contribution in [2.24, 2.45) is 5.73 Å². The van der Waals surface area contributed by atoms with Gasteiger partial charge in [-0.15, -0.1) is 12.4 Å². The van der Waals surface area contributed by atoms with E-state index in [0.717, 1.165) is 25.5 Å². The van der Waals surface area contributed by atoms with Crippen molar-refractivity contribution in [3.8, 4) is 0 Å².